The molecule has 0 radical (unpaired) electrons. The number of hydrogen-bond donors (Lipinski definition) is 1. The Morgan fingerprint density at radius 2 is 2.04 bits per heavy atom. The average Bonchev–Trinajstić information content (AvgIpc) is 3.10. The van der Waals surface area contributed by atoms with Gasteiger partial charge in [0.15, 0.2) is 0 Å². The Bertz CT molecular complexity index is 929. The summed E-state index contributed by atoms with van der Waals surface area (Å²) < 4.78 is 5.44. The molecule has 3 atom stereocenters. The molecule has 2 aromatic rings. The first-order chi connectivity index (χ1) is 12.5. The second-order valence-corrected chi connectivity index (χ2v) is 7.35. The molecule has 0 bridgehead atoms. The van der Waals surface area contributed by atoms with Crippen molar-refractivity contribution < 1.29 is 9.66 Å². The number of fused-ring (bicyclic) bond motifs is 3. The largest absolute Gasteiger partial charge is 0.494 e. The number of halogens is 2. The molecule has 1 heterocycles. The molecular weight excluding hydrogens is 375 g/mol. The first-order valence-electron chi connectivity index (χ1n) is 8.24. The van der Waals surface area contributed by atoms with E-state index in [1.165, 1.54) is 13.2 Å². The van der Waals surface area contributed by atoms with Crippen LogP contribution in [0.1, 0.15) is 29.5 Å². The van der Waals surface area contributed by atoms with E-state index in [0.29, 0.717) is 15.8 Å². The van der Waals surface area contributed by atoms with Gasteiger partial charge in [-0.15, -0.1) is 0 Å². The van der Waals surface area contributed by atoms with E-state index in [2.05, 4.69) is 17.5 Å². The van der Waals surface area contributed by atoms with Crippen LogP contribution in [0.5, 0.6) is 5.75 Å². The first-order valence-corrected chi connectivity index (χ1v) is 8.99. The number of nitro groups is 1. The first kappa shape index (κ1) is 17.2. The van der Waals surface area contributed by atoms with E-state index in [1.54, 1.807) is 12.1 Å². The van der Waals surface area contributed by atoms with E-state index in [9.17, 15) is 10.1 Å². The molecule has 134 valence electrons. The summed E-state index contributed by atoms with van der Waals surface area (Å²) >= 11 is 12.5. The van der Waals surface area contributed by atoms with E-state index >= 15 is 0 Å². The Hall–Kier alpha value is -2.24. The summed E-state index contributed by atoms with van der Waals surface area (Å²) in [4.78, 5) is 10.9. The summed E-state index contributed by atoms with van der Waals surface area (Å²) in [7, 11) is 1.52. The van der Waals surface area contributed by atoms with Crippen molar-refractivity contribution in [3.8, 4) is 5.75 Å². The highest BCUT2D eigenvalue weighted by Crippen LogP contribution is 2.54. The molecule has 2 aromatic carbocycles. The number of hydrogen-bond acceptors (Lipinski definition) is 4. The van der Waals surface area contributed by atoms with Crippen LogP contribution in [0.3, 0.4) is 0 Å². The molecule has 5 nitrogen and oxygen atoms in total. The number of allylic oxidation sites excluding steroid dienone is 2. The Balaban J connectivity index is 1.86. The standard InChI is InChI=1S/C19H16Cl2N2O3/c1-26-17-9-11(23(24)25)8-15-12-3-2-4-13(12)18(22-19(15)17)14-6-5-10(20)7-16(14)21/h2-3,5-9,12-13,18,22H,4H2,1H3/t12-,13+,18+/m1/s1. The zero-order valence-electron chi connectivity index (χ0n) is 13.9. The molecule has 0 spiro atoms. The third kappa shape index (κ3) is 2.72. The Labute approximate surface area is 160 Å². The van der Waals surface area contributed by atoms with E-state index < -0.39 is 4.92 Å². The van der Waals surface area contributed by atoms with Crippen molar-refractivity contribution in [3.63, 3.8) is 0 Å². The van der Waals surface area contributed by atoms with Crippen LogP contribution in [-0.4, -0.2) is 12.0 Å². The van der Waals surface area contributed by atoms with E-state index in [0.717, 1.165) is 23.2 Å². The number of ether oxygens (including phenoxy) is 1. The second-order valence-electron chi connectivity index (χ2n) is 6.51. The van der Waals surface area contributed by atoms with Gasteiger partial charge in [0, 0.05) is 22.0 Å². The van der Waals surface area contributed by atoms with Crippen molar-refractivity contribution in [1.82, 2.24) is 0 Å². The molecular formula is C19H16Cl2N2O3. The highest BCUT2D eigenvalue weighted by Gasteiger charge is 2.40. The fraction of sp³-hybridized carbons (Fsp3) is 0.263. The van der Waals surface area contributed by atoms with Crippen LogP contribution >= 0.6 is 23.2 Å². The van der Waals surface area contributed by atoms with Crippen molar-refractivity contribution >= 4 is 34.6 Å². The smallest absolute Gasteiger partial charge is 0.273 e. The Morgan fingerprint density at radius 1 is 1.23 bits per heavy atom. The van der Waals surface area contributed by atoms with Gasteiger partial charge in [-0.1, -0.05) is 41.4 Å². The van der Waals surface area contributed by atoms with Gasteiger partial charge in [-0.2, -0.15) is 0 Å². The van der Waals surface area contributed by atoms with Crippen LogP contribution in [0.25, 0.3) is 0 Å². The van der Waals surface area contributed by atoms with Crippen LogP contribution < -0.4 is 10.1 Å². The summed E-state index contributed by atoms with van der Waals surface area (Å²) in [5.41, 5.74) is 2.66. The minimum atomic E-state index is -0.390. The number of nitro benzene ring substituents is 1. The van der Waals surface area contributed by atoms with Gasteiger partial charge in [0.2, 0.25) is 0 Å². The van der Waals surface area contributed by atoms with Gasteiger partial charge in [0.05, 0.1) is 29.8 Å². The number of rotatable bonds is 3. The van der Waals surface area contributed by atoms with Gasteiger partial charge >= 0.3 is 0 Å². The maximum Gasteiger partial charge on any atom is 0.273 e. The van der Waals surface area contributed by atoms with Crippen LogP contribution in [0.4, 0.5) is 11.4 Å². The lowest BCUT2D eigenvalue weighted by Gasteiger charge is -2.38. The topological polar surface area (TPSA) is 64.4 Å². The second kappa shape index (κ2) is 6.49. The highest BCUT2D eigenvalue weighted by molar-refractivity contribution is 6.35. The normalized spacial score (nSPS) is 23.1. The molecule has 0 saturated carbocycles. The van der Waals surface area contributed by atoms with Crippen molar-refractivity contribution in [2.75, 3.05) is 12.4 Å². The molecule has 0 saturated heterocycles. The molecule has 1 aliphatic carbocycles. The number of non-ortho nitro benzene ring substituents is 1. The molecule has 4 rings (SSSR count). The van der Waals surface area contributed by atoms with Gasteiger partial charge in [-0.05, 0) is 35.6 Å². The SMILES string of the molecule is COc1cc([N+](=O)[O-])cc2c1N[C@H](c1ccc(Cl)cc1Cl)[C@H]1CC=C[C@@H]21. The summed E-state index contributed by atoms with van der Waals surface area (Å²) in [6.45, 7) is 0. The molecule has 7 heteroatoms. The zero-order valence-corrected chi connectivity index (χ0v) is 15.4. The van der Waals surface area contributed by atoms with E-state index in [1.807, 2.05) is 12.1 Å². The number of nitrogens with one attached hydrogen (secondary N) is 1. The minimum absolute atomic E-state index is 0.0319. The van der Waals surface area contributed by atoms with Crippen molar-refractivity contribution in [1.29, 1.82) is 0 Å². The van der Waals surface area contributed by atoms with Crippen molar-refractivity contribution in [3.05, 3.63) is 73.8 Å². The zero-order chi connectivity index (χ0) is 18.4. The number of nitrogens with zero attached hydrogens (tertiary/aromatic N) is 1. The van der Waals surface area contributed by atoms with Gasteiger partial charge < -0.3 is 10.1 Å². The number of methoxy groups -OCH3 is 1. The third-order valence-corrected chi connectivity index (χ3v) is 5.71. The molecule has 0 fully saturated rings. The van der Waals surface area contributed by atoms with Crippen LogP contribution in [0, 0.1) is 16.0 Å². The molecule has 0 amide bonds. The van der Waals surface area contributed by atoms with Gasteiger partial charge in [0.25, 0.3) is 5.69 Å². The van der Waals surface area contributed by atoms with Crippen molar-refractivity contribution in [2.24, 2.45) is 5.92 Å². The Morgan fingerprint density at radius 3 is 2.73 bits per heavy atom. The third-order valence-electron chi connectivity index (χ3n) is 5.15. The molecule has 1 N–H and O–H groups in total. The van der Waals surface area contributed by atoms with Crippen LogP contribution in [0.15, 0.2) is 42.5 Å². The monoisotopic (exact) mass is 390 g/mol. The molecule has 2 aliphatic rings. The molecule has 0 unspecified atom stereocenters. The van der Waals surface area contributed by atoms with Crippen LogP contribution in [0.2, 0.25) is 10.0 Å². The summed E-state index contributed by atoms with van der Waals surface area (Å²) in [6, 6.07) is 8.54. The molecule has 0 aromatic heterocycles. The fourth-order valence-electron chi connectivity index (χ4n) is 3.98. The van der Waals surface area contributed by atoms with Gasteiger partial charge in [-0.25, -0.2) is 0 Å². The quantitative estimate of drug-likeness (QED) is 0.412. The fourth-order valence-corrected chi connectivity index (χ4v) is 4.51. The predicted octanol–water partition coefficient (Wildman–Crippen LogP) is 5.74. The van der Waals surface area contributed by atoms with E-state index in [-0.39, 0.29) is 23.6 Å². The van der Waals surface area contributed by atoms with Crippen molar-refractivity contribution in [2.45, 2.75) is 18.4 Å². The minimum Gasteiger partial charge on any atom is -0.494 e. The van der Waals surface area contributed by atoms with E-state index in [4.69, 9.17) is 27.9 Å². The maximum absolute atomic E-state index is 11.3. The number of benzene rings is 2. The Kier molecular flexibility index (Phi) is 4.29. The summed E-state index contributed by atoms with van der Waals surface area (Å²) in [5.74, 6) is 0.743. The van der Waals surface area contributed by atoms with Crippen LogP contribution in [-0.2, 0) is 0 Å². The molecule has 1 aliphatic heterocycles. The van der Waals surface area contributed by atoms with Gasteiger partial charge in [0.1, 0.15) is 5.75 Å². The lowest BCUT2D eigenvalue weighted by atomic mass is 9.76. The highest BCUT2D eigenvalue weighted by atomic mass is 35.5. The lowest BCUT2D eigenvalue weighted by Crippen LogP contribution is -2.29. The summed E-state index contributed by atoms with van der Waals surface area (Å²) in [6.07, 6.45) is 5.10. The number of anilines is 1. The average molecular weight is 391 g/mol. The lowest BCUT2D eigenvalue weighted by molar-refractivity contribution is -0.385. The molecule has 26 heavy (non-hydrogen) atoms. The predicted molar refractivity (Wildman–Crippen MR) is 102 cm³/mol. The maximum atomic E-state index is 11.3. The summed E-state index contributed by atoms with van der Waals surface area (Å²) in [5, 5.41) is 16.0. The van der Waals surface area contributed by atoms with Gasteiger partial charge in [-0.3, -0.25) is 10.1 Å².